The lowest BCUT2D eigenvalue weighted by molar-refractivity contribution is -0.128. The number of amides is 1. The first kappa shape index (κ1) is 15.8. The lowest BCUT2D eigenvalue weighted by Crippen LogP contribution is -2.39. The van der Waals surface area contributed by atoms with Gasteiger partial charge in [-0.25, -0.2) is 0 Å². The molecule has 1 aliphatic heterocycles. The van der Waals surface area contributed by atoms with Crippen LogP contribution < -0.4 is 15.5 Å². The van der Waals surface area contributed by atoms with Gasteiger partial charge in [0.2, 0.25) is 11.8 Å². The molecule has 1 amide bonds. The second-order valence-corrected chi connectivity index (χ2v) is 6.31. The zero-order chi connectivity index (χ0) is 15.5. The summed E-state index contributed by atoms with van der Waals surface area (Å²) in [5, 5.41) is 14.1. The van der Waals surface area contributed by atoms with E-state index in [0.29, 0.717) is 30.9 Å². The van der Waals surface area contributed by atoms with E-state index in [1.165, 1.54) is 0 Å². The zero-order valence-electron chi connectivity index (χ0n) is 13.3. The Morgan fingerprint density at radius 2 is 2.24 bits per heavy atom. The van der Waals surface area contributed by atoms with E-state index in [1.807, 2.05) is 11.8 Å². The summed E-state index contributed by atoms with van der Waals surface area (Å²) in [6, 6.07) is 0.504. The van der Waals surface area contributed by atoms with Crippen molar-refractivity contribution in [2.45, 2.75) is 33.7 Å². The molecule has 0 radical (unpaired) electrons. The summed E-state index contributed by atoms with van der Waals surface area (Å²) in [6.45, 7) is 9.11. The normalized spacial score (nSPS) is 22.0. The minimum Gasteiger partial charge on any atom is -0.407 e. The van der Waals surface area contributed by atoms with Gasteiger partial charge in [0.05, 0.1) is 12.0 Å². The molecule has 2 N–H and O–H groups in total. The Kier molecular flexibility index (Phi) is 4.82. The fraction of sp³-hybridized carbons (Fsp3) is 0.786. The van der Waals surface area contributed by atoms with Crippen molar-refractivity contribution in [3.63, 3.8) is 0 Å². The quantitative estimate of drug-likeness (QED) is 0.807. The van der Waals surface area contributed by atoms with Gasteiger partial charge < -0.3 is 20.0 Å². The molecule has 1 aliphatic rings. The maximum atomic E-state index is 11.9. The minimum atomic E-state index is -0.390. The standard InChI is InChI=1S/C14H25N5O2/c1-10(2)7-16-8-11-17-18-13(21-11)19-6-5-14(3,9-19)12(20)15-4/h10,16H,5-9H2,1-4H3,(H,15,20). The molecule has 0 saturated carbocycles. The van der Waals surface area contributed by atoms with Gasteiger partial charge in [-0.05, 0) is 25.8 Å². The third-order valence-electron chi connectivity index (χ3n) is 3.80. The number of rotatable bonds is 6. The summed E-state index contributed by atoms with van der Waals surface area (Å²) in [6.07, 6.45) is 0.788. The molecule has 21 heavy (non-hydrogen) atoms. The highest BCUT2D eigenvalue weighted by Gasteiger charge is 2.41. The third kappa shape index (κ3) is 3.72. The molecule has 1 saturated heterocycles. The molecule has 0 spiro atoms. The molecule has 1 fully saturated rings. The number of carbonyl (C=O) groups excluding carboxylic acids is 1. The summed E-state index contributed by atoms with van der Waals surface area (Å²) >= 11 is 0. The number of hydrogen-bond acceptors (Lipinski definition) is 6. The molecular weight excluding hydrogens is 270 g/mol. The van der Waals surface area contributed by atoms with Crippen LogP contribution in [0, 0.1) is 11.3 Å². The Morgan fingerprint density at radius 1 is 1.48 bits per heavy atom. The van der Waals surface area contributed by atoms with Crippen molar-refractivity contribution in [2.75, 3.05) is 31.6 Å². The van der Waals surface area contributed by atoms with Crippen LogP contribution in [-0.4, -0.2) is 42.8 Å². The topological polar surface area (TPSA) is 83.3 Å². The van der Waals surface area contributed by atoms with Crippen molar-refractivity contribution in [1.29, 1.82) is 0 Å². The van der Waals surface area contributed by atoms with Gasteiger partial charge in [0, 0.05) is 20.1 Å². The second-order valence-electron chi connectivity index (χ2n) is 6.31. The monoisotopic (exact) mass is 295 g/mol. The van der Waals surface area contributed by atoms with Gasteiger partial charge in [-0.3, -0.25) is 4.79 Å². The first-order chi connectivity index (χ1) is 9.94. The van der Waals surface area contributed by atoms with Gasteiger partial charge in [-0.1, -0.05) is 18.9 Å². The van der Waals surface area contributed by atoms with Crippen molar-refractivity contribution in [2.24, 2.45) is 11.3 Å². The van der Waals surface area contributed by atoms with Crippen molar-refractivity contribution in [3.05, 3.63) is 5.89 Å². The van der Waals surface area contributed by atoms with Gasteiger partial charge >= 0.3 is 6.01 Å². The molecule has 2 heterocycles. The van der Waals surface area contributed by atoms with Crippen LogP contribution in [0.1, 0.15) is 33.1 Å². The predicted octanol–water partition coefficient (Wildman–Crippen LogP) is 0.778. The molecule has 0 aromatic carbocycles. The fourth-order valence-corrected chi connectivity index (χ4v) is 2.52. The smallest absolute Gasteiger partial charge is 0.318 e. The van der Waals surface area contributed by atoms with E-state index in [1.54, 1.807) is 7.05 Å². The average molecular weight is 295 g/mol. The molecule has 0 aliphatic carbocycles. The van der Waals surface area contributed by atoms with Crippen LogP contribution in [0.15, 0.2) is 4.42 Å². The molecule has 1 atom stereocenters. The SMILES string of the molecule is CNC(=O)C1(C)CCN(c2nnc(CNCC(C)C)o2)C1. The van der Waals surface area contributed by atoms with Gasteiger partial charge in [0.1, 0.15) is 0 Å². The van der Waals surface area contributed by atoms with E-state index >= 15 is 0 Å². The van der Waals surface area contributed by atoms with Crippen molar-refractivity contribution >= 4 is 11.9 Å². The first-order valence-electron chi connectivity index (χ1n) is 7.45. The summed E-state index contributed by atoms with van der Waals surface area (Å²) in [4.78, 5) is 13.9. The molecule has 1 aromatic heterocycles. The van der Waals surface area contributed by atoms with Crippen LogP contribution in [0.25, 0.3) is 0 Å². The van der Waals surface area contributed by atoms with Gasteiger partial charge in [0.25, 0.3) is 0 Å². The minimum absolute atomic E-state index is 0.0586. The lowest BCUT2D eigenvalue weighted by atomic mass is 9.89. The fourth-order valence-electron chi connectivity index (χ4n) is 2.52. The molecule has 1 unspecified atom stereocenters. The Morgan fingerprint density at radius 3 is 2.90 bits per heavy atom. The lowest BCUT2D eigenvalue weighted by Gasteiger charge is -2.21. The van der Waals surface area contributed by atoms with Crippen molar-refractivity contribution in [3.8, 4) is 0 Å². The van der Waals surface area contributed by atoms with E-state index in [0.717, 1.165) is 19.5 Å². The predicted molar refractivity (Wildman–Crippen MR) is 79.8 cm³/mol. The largest absolute Gasteiger partial charge is 0.407 e. The van der Waals surface area contributed by atoms with Gasteiger partial charge in [-0.15, -0.1) is 5.10 Å². The molecule has 7 nitrogen and oxygen atoms in total. The van der Waals surface area contributed by atoms with E-state index < -0.39 is 0 Å². The second kappa shape index (κ2) is 6.43. The highest BCUT2D eigenvalue weighted by molar-refractivity contribution is 5.83. The Bertz CT molecular complexity index is 487. The highest BCUT2D eigenvalue weighted by Crippen LogP contribution is 2.32. The number of carbonyl (C=O) groups is 1. The average Bonchev–Trinajstić information content (AvgIpc) is 3.05. The number of nitrogens with zero attached hydrogens (tertiary/aromatic N) is 3. The Hall–Kier alpha value is -1.63. The molecular formula is C14H25N5O2. The summed E-state index contributed by atoms with van der Waals surface area (Å²) in [5.74, 6) is 1.22. The summed E-state index contributed by atoms with van der Waals surface area (Å²) in [5.41, 5.74) is -0.390. The maximum absolute atomic E-state index is 11.9. The molecule has 0 bridgehead atoms. The third-order valence-corrected chi connectivity index (χ3v) is 3.80. The number of anilines is 1. The van der Waals surface area contributed by atoms with E-state index in [9.17, 15) is 4.79 Å². The molecule has 1 aromatic rings. The Balaban J connectivity index is 1.92. The van der Waals surface area contributed by atoms with E-state index in [-0.39, 0.29) is 11.3 Å². The van der Waals surface area contributed by atoms with Crippen LogP contribution in [0.4, 0.5) is 6.01 Å². The summed E-state index contributed by atoms with van der Waals surface area (Å²) < 4.78 is 5.67. The van der Waals surface area contributed by atoms with Gasteiger partial charge in [0.15, 0.2) is 0 Å². The van der Waals surface area contributed by atoms with E-state index in [2.05, 4.69) is 34.7 Å². The number of nitrogens with one attached hydrogen (secondary N) is 2. The van der Waals surface area contributed by atoms with Crippen LogP contribution in [-0.2, 0) is 11.3 Å². The maximum Gasteiger partial charge on any atom is 0.318 e. The molecule has 118 valence electrons. The summed E-state index contributed by atoms with van der Waals surface area (Å²) in [7, 11) is 1.67. The number of hydrogen-bond donors (Lipinski definition) is 2. The number of aromatic nitrogens is 2. The Labute approximate surface area is 125 Å². The van der Waals surface area contributed by atoms with Crippen LogP contribution in [0.3, 0.4) is 0 Å². The first-order valence-corrected chi connectivity index (χ1v) is 7.45. The van der Waals surface area contributed by atoms with Crippen molar-refractivity contribution in [1.82, 2.24) is 20.8 Å². The molecule has 7 heteroatoms. The van der Waals surface area contributed by atoms with E-state index in [4.69, 9.17) is 4.42 Å². The zero-order valence-corrected chi connectivity index (χ0v) is 13.3. The van der Waals surface area contributed by atoms with Crippen LogP contribution >= 0.6 is 0 Å². The van der Waals surface area contributed by atoms with Crippen LogP contribution in [0.2, 0.25) is 0 Å². The van der Waals surface area contributed by atoms with Crippen molar-refractivity contribution < 1.29 is 9.21 Å². The highest BCUT2D eigenvalue weighted by atomic mass is 16.4. The van der Waals surface area contributed by atoms with Gasteiger partial charge in [-0.2, -0.15) is 0 Å². The van der Waals surface area contributed by atoms with Crippen LogP contribution in [0.5, 0.6) is 0 Å². The molecule has 2 rings (SSSR count).